The quantitative estimate of drug-likeness (QED) is 0.925. The van der Waals surface area contributed by atoms with Gasteiger partial charge in [0.1, 0.15) is 0 Å². The van der Waals surface area contributed by atoms with Gasteiger partial charge in [0.15, 0.2) is 0 Å². The summed E-state index contributed by atoms with van der Waals surface area (Å²) >= 11 is 0. The highest BCUT2D eigenvalue weighted by Gasteiger charge is 2.49. The van der Waals surface area contributed by atoms with E-state index in [4.69, 9.17) is 0 Å². The highest BCUT2D eigenvalue weighted by molar-refractivity contribution is 5.36. The predicted molar refractivity (Wildman–Crippen MR) is 82.5 cm³/mol. The monoisotopic (exact) mass is 299 g/mol. The second-order valence-electron chi connectivity index (χ2n) is 6.71. The van der Waals surface area contributed by atoms with Gasteiger partial charge >= 0.3 is 0 Å². The molecule has 3 atom stereocenters. The van der Waals surface area contributed by atoms with Gasteiger partial charge in [-0.2, -0.15) is 9.49 Å². The average Bonchev–Trinajstić information content (AvgIpc) is 3.08. The number of halogens is 1. The van der Waals surface area contributed by atoms with E-state index < -0.39 is 0 Å². The highest BCUT2D eigenvalue weighted by atomic mass is 18.2. The van der Waals surface area contributed by atoms with Gasteiger partial charge in [-0.25, -0.2) is 4.68 Å². The Bertz CT molecular complexity index is 692. The first-order valence-electron chi connectivity index (χ1n) is 8.13. The molecule has 1 aromatic heterocycles. The maximum Gasteiger partial charge on any atom is 0.219 e. The van der Waals surface area contributed by atoms with E-state index in [2.05, 4.69) is 5.10 Å². The maximum absolute atomic E-state index is 14.8. The first kappa shape index (κ1) is 13.9. The zero-order chi connectivity index (χ0) is 15.3. The van der Waals surface area contributed by atoms with E-state index in [1.807, 2.05) is 31.2 Å². The second kappa shape index (κ2) is 5.20. The lowest BCUT2D eigenvalue weighted by Gasteiger charge is -2.06. The van der Waals surface area contributed by atoms with Crippen molar-refractivity contribution >= 4 is 0 Å². The van der Waals surface area contributed by atoms with Gasteiger partial charge in [-0.15, -0.1) is 0 Å². The van der Waals surface area contributed by atoms with Crippen LogP contribution < -0.4 is 0 Å². The molecule has 0 aliphatic heterocycles. The molecule has 1 fully saturated rings. The van der Waals surface area contributed by atoms with E-state index >= 15 is 0 Å². The summed E-state index contributed by atoms with van der Waals surface area (Å²) in [6.45, 7) is 2.30. The smallest absolute Gasteiger partial charge is 0.219 e. The van der Waals surface area contributed by atoms with Gasteiger partial charge in [0.05, 0.1) is 11.4 Å². The number of aryl methyl sites for hydroxylation is 2. The first-order chi connectivity index (χ1) is 10.7. The Hall–Kier alpha value is -1.68. The molecule has 22 heavy (non-hydrogen) atoms. The maximum atomic E-state index is 14.8. The Morgan fingerprint density at radius 3 is 2.55 bits per heavy atom. The number of nitrogens with zero attached hydrogens (tertiary/aromatic N) is 2. The van der Waals surface area contributed by atoms with Gasteiger partial charge in [0, 0.05) is 12.2 Å². The summed E-state index contributed by atoms with van der Waals surface area (Å²) in [5.41, 5.74) is 3.63. The molecule has 3 nitrogen and oxygen atoms in total. The van der Waals surface area contributed by atoms with Crippen molar-refractivity contribution in [3.05, 3.63) is 47.0 Å². The van der Waals surface area contributed by atoms with Gasteiger partial charge in [0.25, 0.3) is 0 Å². The molecule has 0 radical (unpaired) electrons. The fraction of sp³-hybridized carbons (Fsp3) is 0.500. The van der Waals surface area contributed by atoms with Gasteiger partial charge < -0.3 is 5.11 Å². The van der Waals surface area contributed by atoms with Gasteiger partial charge in [-0.1, -0.05) is 17.7 Å². The minimum absolute atomic E-state index is 0.210. The van der Waals surface area contributed by atoms with Crippen LogP contribution in [0, 0.1) is 30.6 Å². The third-order valence-electron chi connectivity index (χ3n) is 5.44. The molecule has 1 heterocycles. The van der Waals surface area contributed by atoms with E-state index in [0.29, 0.717) is 17.8 Å². The molecule has 0 spiro atoms. The minimum Gasteiger partial charge on any atom is -0.396 e. The standard InChI is InChI=1S/C18H21FN2O/c1-11-2-4-12(5-3-11)21-18(19)15-7-6-13-14(16(13)10-22)8-9-17(15)20-21/h2-5,13-14,16,22H,6-10H2,1H3/t13-,14+,16-/m0/s1/i19-1. The van der Waals surface area contributed by atoms with Gasteiger partial charge in [-0.3, -0.25) is 0 Å². The molecule has 1 N–H and O–H groups in total. The molecule has 0 saturated heterocycles. The lowest BCUT2D eigenvalue weighted by Crippen LogP contribution is -2.01. The van der Waals surface area contributed by atoms with Crippen LogP contribution in [-0.2, 0) is 12.8 Å². The predicted octanol–water partition coefficient (Wildman–Crippen LogP) is 3.05. The molecule has 4 rings (SSSR count). The van der Waals surface area contributed by atoms with E-state index in [1.54, 1.807) is 0 Å². The highest BCUT2D eigenvalue weighted by Crippen LogP contribution is 2.52. The fourth-order valence-corrected chi connectivity index (χ4v) is 4.04. The van der Waals surface area contributed by atoms with Crippen LogP contribution in [0.3, 0.4) is 0 Å². The third kappa shape index (κ3) is 2.17. The van der Waals surface area contributed by atoms with Crippen LogP contribution in [0.1, 0.15) is 29.7 Å². The number of aromatic nitrogens is 2. The summed E-state index contributed by atoms with van der Waals surface area (Å²) in [6.07, 6.45) is 3.56. The lowest BCUT2D eigenvalue weighted by molar-refractivity contribution is 0.262. The minimum atomic E-state index is -0.210. The van der Waals surface area contributed by atoms with Crippen LogP contribution >= 0.6 is 0 Å². The Kier molecular flexibility index (Phi) is 3.30. The molecule has 0 bridgehead atoms. The number of aliphatic hydroxyl groups is 1. The SMILES string of the molecule is Cc1ccc(-n2nc3c(c2[18F])CC[C@@H]2[C@H](CO)[C@@H]2CC3)cc1. The lowest BCUT2D eigenvalue weighted by atomic mass is 9.99. The van der Waals surface area contributed by atoms with Crippen LogP contribution in [0.15, 0.2) is 24.3 Å². The molecule has 116 valence electrons. The molecule has 2 aliphatic carbocycles. The van der Waals surface area contributed by atoms with E-state index in [1.165, 1.54) is 4.68 Å². The van der Waals surface area contributed by atoms with Crippen LogP contribution in [0.5, 0.6) is 0 Å². The molecule has 0 unspecified atom stereocenters. The Labute approximate surface area is 129 Å². The molecular formula is C18H21FN2O. The van der Waals surface area contributed by atoms with Gasteiger partial charge in [-0.05, 0) is 62.5 Å². The van der Waals surface area contributed by atoms with Crippen molar-refractivity contribution in [2.24, 2.45) is 17.8 Å². The Morgan fingerprint density at radius 1 is 1.18 bits per heavy atom. The molecule has 0 amide bonds. The van der Waals surface area contributed by atoms with Crippen molar-refractivity contribution in [1.82, 2.24) is 9.78 Å². The summed E-state index contributed by atoms with van der Waals surface area (Å²) in [5, 5.41) is 13.9. The number of benzene rings is 1. The van der Waals surface area contributed by atoms with Crippen LogP contribution in [-0.4, -0.2) is 21.5 Å². The average molecular weight is 299 g/mol. The molecule has 4 heteroatoms. The zero-order valence-electron chi connectivity index (χ0n) is 12.8. The molecule has 2 aliphatic rings. The summed E-state index contributed by atoms with van der Waals surface area (Å²) in [6, 6.07) is 7.79. The topological polar surface area (TPSA) is 38.0 Å². The van der Waals surface area contributed by atoms with Crippen LogP contribution in [0.25, 0.3) is 5.69 Å². The summed E-state index contributed by atoms with van der Waals surface area (Å²) < 4.78 is 16.2. The summed E-state index contributed by atoms with van der Waals surface area (Å²) in [7, 11) is 0. The van der Waals surface area contributed by atoms with Crippen molar-refractivity contribution in [3.63, 3.8) is 0 Å². The second-order valence-corrected chi connectivity index (χ2v) is 6.71. The Balaban J connectivity index is 1.65. The number of hydrogen-bond acceptors (Lipinski definition) is 2. The van der Waals surface area contributed by atoms with E-state index in [0.717, 1.165) is 48.2 Å². The fourth-order valence-electron chi connectivity index (χ4n) is 4.04. The summed E-state index contributed by atoms with van der Waals surface area (Å²) in [4.78, 5) is 0. The number of fused-ring (bicyclic) bond motifs is 2. The number of aliphatic hydroxyl groups excluding tert-OH is 1. The van der Waals surface area contributed by atoms with Crippen molar-refractivity contribution < 1.29 is 9.50 Å². The van der Waals surface area contributed by atoms with Crippen molar-refractivity contribution in [3.8, 4) is 5.69 Å². The summed E-state index contributed by atoms with van der Waals surface area (Å²) in [5.74, 6) is 1.43. The van der Waals surface area contributed by atoms with E-state index in [9.17, 15) is 9.50 Å². The molecular weight excluding hydrogens is 278 g/mol. The van der Waals surface area contributed by atoms with Crippen LogP contribution in [0.2, 0.25) is 0 Å². The van der Waals surface area contributed by atoms with Gasteiger partial charge in [0.2, 0.25) is 5.95 Å². The molecule has 1 aromatic carbocycles. The largest absolute Gasteiger partial charge is 0.396 e. The number of hydrogen-bond donors (Lipinski definition) is 1. The van der Waals surface area contributed by atoms with Crippen molar-refractivity contribution in [2.45, 2.75) is 32.6 Å². The van der Waals surface area contributed by atoms with Crippen molar-refractivity contribution in [2.75, 3.05) is 6.61 Å². The zero-order valence-corrected chi connectivity index (χ0v) is 12.8. The molecule has 2 aromatic rings. The van der Waals surface area contributed by atoms with Crippen LogP contribution in [0.4, 0.5) is 4.39 Å². The Morgan fingerprint density at radius 2 is 1.86 bits per heavy atom. The normalized spacial score (nSPS) is 26.8. The molecule has 1 saturated carbocycles. The third-order valence-corrected chi connectivity index (χ3v) is 5.44. The number of rotatable bonds is 2. The van der Waals surface area contributed by atoms with E-state index in [-0.39, 0.29) is 12.6 Å². The first-order valence-corrected chi connectivity index (χ1v) is 8.13. The van der Waals surface area contributed by atoms with Crippen molar-refractivity contribution in [1.29, 1.82) is 0 Å².